The summed E-state index contributed by atoms with van der Waals surface area (Å²) in [5.74, 6) is -0.169. The standard InChI is InChI=1S/C19H21N3O4S/c1-3-24-9-10-25-19(23)16(11-20)18(27-2)21-12-15-13-26-17(22-15)14-7-5-4-6-8-14/h4-8,13,21H,3,9-10,12H2,1-2H3. The van der Waals surface area contributed by atoms with Crippen molar-refractivity contribution in [1.29, 1.82) is 5.26 Å². The van der Waals surface area contributed by atoms with Crippen LogP contribution in [0.5, 0.6) is 0 Å². The van der Waals surface area contributed by atoms with Crippen molar-refractivity contribution in [2.24, 2.45) is 0 Å². The molecular weight excluding hydrogens is 366 g/mol. The van der Waals surface area contributed by atoms with Crippen molar-refractivity contribution in [3.63, 3.8) is 0 Å². The summed E-state index contributed by atoms with van der Waals surface area (Å²) in [6, 6.07) is 11.4. The molecule has 1 aromatic heterocycles. The van der Waals surface area contributed by atoms with Gasteiger partial charge in [0.1, 0.15) is 18.9 Å². The highest BCUT2D eigenvalue weighted by molar-refractivity contribution is 8.02. The van der Waals surface area contributed by atoms with Crippen LogP contribution in [0, 0.1) is 11.3 Å². The molecule has 0 unspecified atom stereocenters. The summed E-state index contributed by atoms with van der Waals surface area (Å²) in [7, 11) is 0. The zero-order valence-corrected chi connectivity index (χ0v) is 16.0. The van der Waals surface area contributed by atoms with E-state index in [9.17, 15) is 10.1 Å². The summed E-state index contributed by atoms with van der Waals surface area (Å²) in [4.78, 5) is 16.5. The third kappa shape index (κ3) is 6.16. The molecule has 27 heavy (non-hydrogen) atoms. The molecule has 0 spiro atoms. The van der Waals surface area contributed by atoms with Gasteiger partial charge >= 0.3 is 5.97 Å². The number of nitrogens with one attached hydrogen (secondary N) is 1. The van der Waals surface area contributed by atoms with Gasteiger partial charge < -0.3 is 19.2 Å². The van der Waals surface area contributed by atoms with E-state index in [-0.39, 0.29) is 12.2 Å². The SMILES string of the molecule is CCOCCOC(=O)C(C#N)=C(NCc1coc(-c2ccccc2)n1)SC. The normalized spacial score (nSPS) is 11.4. The maximum atomic E-state index is 12.1. The van der Waals surface area contributed by atoms with Crippen LogP contribution in [0.4, 0.5) is 0 Å². The first-order valence-electron chi connectivity index (χ1n) is 8.36. The number of ether oxygens (including phenoxy) is 2. The number of aromatic nitrogens is 1. The second-order valence-electron chi connectivity index (χ2n) is 5.22. The third-order valence-corrected chi connectivity index (χ3v) is 4.17. The molecular formula is C19H21N3O4S. The topological polar surface area (TPSA) is 97.4 Å². The van der Waals surface area contributed by atoms with Gasteiger partial charge in [0, 0.05) is 12.2 Å². The monoisotopic (exact) mass is 387 g/mol. The molecule has 0 radical (unpaired) electrons. The van der Waals surface area contributed by atoms with Crippen LogP contribution < -0.4 is 5.32 Å². The molecule has 1 N–H and O–H groups in total. The first-order valence-corrected chi connectivity index (χ1v) is 9.59. The van der Waals surface area contributed by atoms with E-state index < -0.39 is 5.97 Å². The quantitative estimate of drug-likeness (QED) is 0.287. The molecule has 0 atom stereocenters. The maximum Gasteiger partial charge on any atom is 0.351 e. The van der Waals surface area contributed by atoms with E-state index in [1.54, 1.807) is 12.5 Å². The number of hydrogen-bond donors (Lipinski definition) is 1. The van der Waals surface area contributed by atoms with E-state index in [2.05, 4.69) is 10.3 Å². The van der Waals surface area contributed by atoms with Gasteiger partial charge in [-0.2, -0.15) is 5.26 Å². The summed E-state index contributed by atoms with van der Waals surface area (Å²) in [5.41, 5.74) is 1.45. The fraction of sp³-hybridized carbons (Fsp3) is 0.316. The molecule has 142 valence electrons. The van der Waals surface area contributed by atoms with E-state index in [0.717, 1.165) is 5.56 Å². The number of benzene rings is 1. The fourth-order valence-corrected chi connectivity index (χ4v) is 2.68. The van der Waals surface area contributed by atoms with Crippen molar-refractivity contribution in [1.82, 2.24) is 10.3 Å². The van der Waals surface area contributed by atoms with Crippen LogP contribution in [-0.2, 0) is 20.8 Å². The van der Waals surface area contributed by atoms with E-state index in [1.807, 2.05) is 43.3 Å². The Bertz CT molecular complexity index is 812. The first kappa shape index (κ1) is 20.6. The summed E-state index contributed by atoms with van der Waals surface area (Å²) < 4.78 is 15.7. The Balaban J connectivity index is 2.00. The molecule has 0 aliphatic heterocycles. The van der Waals surface area contributed by atoms with Crippen LogP contribution in [0.15, 0.2) is 51.6 Å². The van der Waals surface area contributed by atoms with Gasteiger partial charge in [0.2, 0.25) is 5.89 Å². The summed E-state index contributed by atoms with van der Waals surface area (Å²) >= 11 is 1.25. The molecule has 2 rings (SSSR count). The van der Waals surface area contributed by atoms with Gasteiger partial charge in [-0.3, -0.25) is 0 Å². The lowest BCUT2D eigenvalue weighted by atomic mass is 10.2. The van der Waals surface area contributed by atoms with Gasteiger partial charge in [-0.1, -0.05) is 18.2 Å². The Morgan fingerprint density at radius 2 is 2.11 bits per heavy atom. The number of carbonyl (C=O) groups is 1. The molecule has 0 aliphatic carbocycles. The average Bonchev–Trinajstić information content (AvgIpc) is 3.18. The van der Waals surface area contributed by atoms with Crippen molar-refractivity contribution in [2.75, 3.05) is 26.1 Å². The summed E-state index contributed by atoms with van der Waals surface area (Å²) in [6.07, 6.45) is 3.31. The molecule has 1 heterocycles. The van der Waals surface area contributed by atoms with Gasteiger partial charge in [-0.25, -0.2) is 9.78 Å². The molecule has 2 aromatic rings. The van der Waals surface area contributed by atoms with Crippen molar-refractivity contribution >= 4 is 17.7 Å². The zero-order chi connectivity index (χ0) is 19.5. The van der Waals surface area contributed by atoms with E-state index in [4.69, 9.17) is 13.9 Å². The summed E-state index contributed by atoms with van der Waals surface area (Å²) in [5, 5.41) is 12.8. The van der Waals surface area contributed by atoms with Gasteiger partial charge in [0.05, 0.1) is 23.9 Å². The Hall–Kier alpha value is -2.76. The predicted molar refractivity (Wildman–Crippen MR) is 102 cm³/mol. The Labute approximate surface area is 162 Å². The second kappa shape index (κ2) is 11.1. The number of esters is 1. The van der Waals surface area contributed by atoms with Gasteiger partial charge in [-0.05, 0) is 25.3 Å². The third-order valence-electron chi connectivity index (χ3n) is 3.41. The molecule has 7 nitrogen and oxygen atoms in total. The zero-order valence-electron chi connectivity index (χ0n) is 15.2. The molecule has 0 bridgehead atoms. The number of hydrogen-bond acceptors (Lipinski definition) is 8. The van der Waals surface area contributed by atoms with Crippen LogP contribution in [0.25, 0.3) is 11.5 Å². The fourth-order valence-electron chi connectivity index (χ4n) is 2.13. The molecule has 0 aliphatic rings. The lowest BCUT2D eigenvalue weighted by Crippen LogP contribution is -2.19. The minimum atomic E-state index is -0.681. The number of rotatable bonds is 10. The first-order chi connectivity index (χ1) is 13.2. The highest BCUT2D eigenvalue weighted by atomic mass is 32.2. The van der Waals surface area contributed by atoms with E-state index >= 15 is 0 Å². The molecule has 0 saturated carbocycles. The second-order valence-corrected chi connectivity index (χ2v) is 6.03. The van der Waals surface area contributed by atoms with Crippen LogP contribution in [0.3, 0.4) is 0 Å². The van der Waals surface area contributed by atoms with Crippen molar-refractivity contribution in [2.45, 2.75) is 13.5 Å². The lowest BCUT2D eigenvalue weighted by molar-refractivity contribution is -0.140. The van der Waals surface area contributed by atoms with Crippen LogP contribution in [0.2, 0.25) is 0 Å². The molecule has 0 saturated heterocycles. The molecule has 1 aromatic carbocycles. The maximum absolute atomic E-state index is 12.1. The molecule has 0 amide bonds. The van der Waals surface area contributed by atoms with E-state index in [1.165, 1.54) is 11.8 Å². The molecule has 8 heteroatoms. The number of nitriles is 1. The Morgan fingerprint density at radius 3 is 2.78 bits per heavy atom. The smallest absolute Gasteiger partial charge is 0.351 e. The minimum Gasteiger partial charge on any atom is -0.459 e. The number of oxazole rings is 1. The number of nitrogens with zero attached hydrogens (tertiary/aromatic N) is 2. The molecule has 0 fully saturated rings. The van der Waals surface area contributed by atoms with Crippen LogP contribution in [0.1, 0.15) is 12.6 Å². The summed E-state index contributed by atoms with van der Waals surface area (Å²) in [6.45, 7) is 3.10. The van der Waals surface area contributed by atoms with Gasteiger partial charge in [0.25, 0.3) is 0 Å². The average molecular weight is 387 g/mol. The predicted octanol–water partition coefficient (Wildman–Crippen LogP) is 3.11. The highest BCUT2D eigenvalue weighted by Gasteiger charge is 2.17. The lowest BCUT2D eigenvalue weighted by Gasteiger charge is -2.10. The minimum absolute atomic E-state index is 0.0780. The van der Waals surface area contributed by atoms with Crippen molar-refractivity contribution < 1.29 is 18.7 Å². The van der Waals surface area contributed by atoms with Gasteiger partial charge in [-0.15, -0.1) is 11.8 Å². The van der Waals surface area contributed by atoms with Crippen LogP contribution >= 0.6 is 11.8 Å². The van der Waals surface area contributed by atoms with Gasteiger partial charge in [0.15, 0.2) is 5.57 Å². The number of thioether (sulfide) groups is 1. The van der Waals surface area contributed by atoms with Crippen LogP contribution in [-0.4, -0.2) is 37.0 Å². The van der Waals surface area contributed by atoms with Crippen molar-refractivity contribution in [3.8, 4) is 17.5 Å². The van der Waals surface area contributed by atoms with Crippen molar-refractivity contribution in [3.05, 3.63) is 52.9 Å². The highest BCUT2D eigenvalue weighted by Crippen LogP contribution is 2.19. The van der Waals surface area contributed by atoms with E-state index in [0.29, 0.717) is 36.4 Å². The Kier molecular flexibility index (Phi) is 8.42. The largest absolute Gasteiger partial charge is 0.459 e. The number of carbonyl (C=O) groups excluding carboxylic acids is 1. The Morgan fingerprint density at radius 1 is 1.33 bits per heavy atom.